The summed E-state index contributed by atoms with van der Waals surface area (Å²) in [7, 11) is 0. The first-order valence-corrected chi connectivity index (χ1v) is 10.0. The van der Waals surface area contributed by atoms with Gasteiger partial charge in [0, 0.05) is 18.5 Å². The van der Waals surface area contributed by atoms with Gasteiger partial charge in [-0.15, -0.1) is 11.3 Å². The van der Waals surface area contributed by atoms with Crippen LogP contribution in [0.1, 0.15) is 30.1 Å². The zero-order valence-electron chi connectivity index (χ0n) is 15.1. The Morgan fingerprint density at radius 1 is 1.15 bits per heavy atom. The minimum absolute atomic E-state index is 0.0160. The lowest BCUT2D eigenvalue weighted by Crippen LogP contribution is -2.46. The number of nitrogens with one attached hydrogen (secondary N) is 1. The molecule has 3 aromatic rings. The van der Waals surface area contributed by atoms with Gasteiger partial charge in [-0.25, -0.2) is 4.98 Å². The van der Waals surface area contributed by atoms with Gasteiger partial charge < -0.3 is 10.2 Å². The largest absolute Gasteiger partial charge is 0.341 e. The van der Waals surface area contributed by atoms with Crippen LogP contribution in [0.25, 0.3) is 21.5 Å². The molecule has 4 rings (SSSR count). The number of carbonyl (C=O) groups is 2. The Hall–Kier alpha value is -2.73. The van der Waals surface area contributed by atoms with Crippen LogP contribution in [0, 0.1) is 0 Å². The fourth-order valence-electron chi connectivity index (χ4n) is 3.46. The highest BCUT2D eigenvalue weighted by Crippen LogP contribution is 2.28. The van der Waals surface area contributed by atoms with E-state index in [9.17, 15) is 9.59 Å². The number of benzene rings is 1. The number of hydrogen-bond acceptors (Lipinski definition) is 4. The highest BCUT2D eigenvalue weighted by Gasteiger charge is 2.25. The zero-order chi connectivity index (χ0) is 18.8. The number of carbonyl (C=O) groups excluding carboxylic acids is 2. The molecule has 1 unspecified atom stereocenters. The molecule has 0 radical (unpaired) electrons. The Labute approximate surface area is 162 Å². The lowest BCUT2D eigenvalue weighted by Gasteiger charge is -2.21. The number of likely N-dealkylation sites (tertiary alicyclic amines) is 1. The van der Waals surface area contributed by atoms with Gasteiger partial charge in [-0.1, -0.05) is 24.3 Å². The molecule has 1 aliphatic rings. The summed E-state index contributed by atoms with van der Waals surface area (Å²) in [4.78, 5) is 33.1. The highest BCUT2D eigenvalue weighted by atomic mass is 32.1. The number of aromatic nitrogens is 1. The molecule has 1 N–H and O–H groups in total. The molecule has 2 aromatic heterocycles. The molecule has 138 valence electrons. The van der Waals surface area contributed by atoms with Crippen molar-refractivity contribution in [2.75, 3.05) is 13.1 Å². The quantitative estimate of drug-likeness (QED) is 0.752. The van der Waals surface area contributed by atoms with Crippen molar-refractivity contribution in [2.24, 2.45) is 0 Å². The van der Waals surface area contributed by atoms with Gasteiger partial charge in [-0.05, 0) is 43.3 Å². The Bertz CT molecular complexity index is 978. The molecular formula is C21H21N3O2S. The fraction of sp³-hybridized carbons (Fsp3) is 0.286. The summed E-state index contributed by atoms with van der Waals surface area (Å²) in [5.74, 6) is -0.260. The van der Waals surface area contributed by atoms with Crippen LogP contribution < -0.4 is 5.32 Å². The predicted octanol–water partition coefficient (Wildman–Crippen LogP) is 3.70. The molecule has 1 aromatic carbocycles. The van der Waals surface area contributed by atoms with Crippen LogP contribution in [-0.4, -0.2) is 40.8 Å². The average molecular weight is 379 g/mol. The summed E-state index contributed by atoms with van der Waals surface area (Å²) in [6.07, 6.45) is 2.07. The van der Waals surface area contributed by atoms with Gasteiger partial charge in [0.05, 0.1) is 21.7 Å². The Kier molecular flexibility index (Phi) is 4.90. The smallest absolute Gasteiger partial charge is 0.252 e. The Morgan fingerprint density at radius 2 is 1.93 bits per heavy atom. The van der Waals surface area contributed by atoms with E-state index in [1.54, 1.807) is 18.3 Å². The number of amides is 2. The summed E-state index contributed by atoms with van der Waals surface area (Å²) in [6.45, 7) is 3.31. The van der Waals surface area contributed by atoms with E-state index in [0.29, 0.717) is 5.56 Å². The Balaban J connectivity index is 1.65. The summed E-state index contributed by atoms with van der Waals surface area (Å²) >= 11 is 1.59. The second-order valence-electron chi connectivity index (χ2n) is 6.78. The van der Waals surface area contributed by atoms with Crippen LogP contribution in [-0.2, 0) is 4.79 Å². The first-order valence-electron chi connectivity index (χ1n) is 9.17. The number of thiophene rings is 1. The molecular weight excluding hydrogens is 358 g/mol. The van der Waals surface area contributed by atoms with E-state index in [1.807, 2.05) is 52.7 Å². The zero-order valence-corrected chi connectivity index (χ0v) is 16.0. The van der Waals surface area contributed by atoms with Crippen molar-refractivity contribution >= 4 is 34.1 Å². The van der Waals surface area contributed by atoms with Crippen molar-refractivity contribution in [1.82, 2.24) is 15.2 Å². The van der Waals surface area contributed by atoms with Gasteiger partial charge in [-0.2, -0.15) is 0 Å². The lowest BCUT2D eigenvalue weighted by molar-refractivity contribution is -0.131. The topological polar surface area (TPSA) is 62.3 Å². The van der Waals surface area contributed by atoms with Crippen LogP contribution in [0.5, 0.6) is 0 Å². The fourth-order valence-corrected chi connectivity index (χ4v) is 4.15. The van der Waals surface area contributed by atoms with Crippen molar-refractivity contribution in [3.63, 3.8) is 0 Å². The van der Waals surface area contributed by atoms with E-state index in [2.05, 4.69) is 5.32 Å². The number of fused-ring (bicyclic) bond motifs is 1. The molecule has 5 nitrogen and oxygen atoms in total. The second-order valence-corrected chi connectivity index (χ2v) is 7.72. The molecule has 3 heterocycles. The number of para-hydroxylation sites is 1. The normalized spacial score (nSPS) is 15.1. The van der Waals surface area contributed by atoms with Crippen molar-refractivity contribution in [3.8, 4) is 10.6 Å². The number of rotatable bonds is 4. The van der Waals surface area contributed by atoms with Crippen LogP contribution in [0.3, 0.4) is 0 Å². The molecule has 1 aliphatic heterocycles. The van der Waals surface area contributed by atoms with Gasteiger partial charge in [0.15, 0.2) is 0 Å². The van der Waals surface area contributed by atoms with Crippen LogP contribution >= 0.6 is 11.3 Å². The molecule has 27 heavy (non-hydrogen) atoms. The van der Waals surface area contributed by atoms with Crippen molar-refractivity contribution in [2.45, 2.75) is 25.8 Å². The lowest BCUT2D eigenvalue weighted by atomic mass is 10.1. The van der Waals surface area contributed by atoms with Gasteiger partial charge in [-0.3, -0.25) is 9.59 Å². The molecule has 6 heteroatoms. The number of nitrogens with zero attached hydrogens (tertiary/aromatic N) is 2. The molecule has 0 bridgehead atoms. The van der Waals surface area contributed by atoms with Crippen LogP contribution in [0.15, 0.2) is 47.8 Å². The van der Waals surface area contributed by atoms with E-state index in [0.717, 1.165) is 47.4 Å². The summed E-state index contributed by atoms with van der Waals surface area (Å²) in [5, 5.41) is 5.66. The average Bonchev–Trinajstić information content (AvgIpc) is 3.40. The molecule has 0 spiro atoms. The van der Waals surface area contributed by atoms with Gasteiger partial charge in [0.1, 0.15) is 6.04 Å². The third-order valence-electron chi connectivity index (χ3n) is 4.87. The van der Waals surface area contributed by atoms with Gasteiger partial charge >= 0.3 is 0 Å². The van der Waals surface area contributed by atoms with E-state index in [1.165, 1.54) is 0 Å². The maximum atomic E-state index is 13.0. The second kappa shape index (κ2) is 7.48. The standard InChI is InChI=1S/C21H21N3O2S/c1-14(21(26)24-10-4-5-11-24)22-20(25)16-13-18(19-9-6-12-27-19)23-17-8-3-2-7-15(16)17/h2-3,6-9,12-14H,4-5,10-11H2,1H3,(H,22,25). The molecule has 1 saturated heterocycles. The van der Waals surface area contributed by atoms with Crippen LogP contribution in [0.2, 0.25) is 0 Å². The predicted molar refractivity (Wildman–Crippen MR) is 108 cm³/mol. The van der Waals surface area contributed by atoms with Crippen molar-refractivity contribution < 1.29 is 9.59 Å². The molecule has 0 saturated carbocycles. The first-order chi connectivity index (χ1) is 13.1. The summed E-state index contributed by atoms with van der Waals surface area (Å²) in [6, 6.07) is 12.8. The van der Waals surface area contributed by atoms with E-state index >= 15 is 0 Å². The van der Waals surface area contributed by atoms with E-state index < -0.39 is 6.04 Å². The Morgan fingerprint density at radius 3 is 2.67 bits per heavy atom. The third-order valence-corrected chi connectivity index (χ3v) is 5.76. The molecule has 1 fully saturated rings. The first kappa shape index (κ1) is 17.7. The van der Waals surface area contributed by atoms with E-state index in [-0.39, 0.29) is 11.8 Å². The van der Waals surface area contributed by atoms with Crippen molar-refractivity contribution in [3.05, 3.63) is 53.4 Å². The minimum atomic E-state index is -0.548. The third kappa shape index (κ3) is 3.57. The monoisotopic (exact) mass is 379 g/mol. The minimum Gasteiger partial charge on any atom is -0.341 e. The van der Waals surface area contributed by atoms with Crippen LogP contribution in [0.4, 0.5) is 0 Å². The van der Waals surface area contributed by atoms with E-state index in [4.69, 9.17) is 4.98 Å². The maximum Gasteiger partial charge on any atom is 0.252 e. The molecule has 0 aliphatic carbocycles. The number of pyridine rings is 1. The van der Waals surface area contributed by atoms with Gasteiger partial charge in [0.2, 0.25) is 5.91 Å². The SMILES string of the molecule is CC(NC(=O)c1cc(-c2cccs2)nc2ccccc12)C(=O)N1CCCC1. The number of hydrogen-bond donors (Lipinski definition) is 1. The van der Waals surface area contributed by atoms with Crippen molar-refractivity contribution in [1.29, 1.82) is 0 Å². The maximum absolute atomic E-state index is 13.0. The summed E-state index contributed by atoms with van der Waals surface area (Å²) in [5.41, 5.74) is 2.09. The van der Waals surface area contributed by atoms with Gasteiger partial charge in [0.25, 0.3) is 5.91 Å². The molecule has 2 amide bonds. The molecule has 1 atom stereocenters. The summed E-state index contributed by atoms with van der Waals surface area (Å²) < 4.78 is 0. The highest BCUT2D eigenvalue weighted by molar-refractivity contribution is 7.13.